The second-order valence-electron chi connectivity index (χ2n) is 23.1. The molecule has 10 N–H and O–H groups in total. The van der Waals surface area contributed by atoms with Crippen LogP contribution in [-0.2, 0) is 20.7 Å². The van der Waals surface area contributed by atoms with E-state index in [4.69, 9.17) is 23.4 Å². The van der Waals surface area contributed by atoms with Gasteiger partial charge in [-0.05, 0) is 157 Å². The average Bonchev–Trinajstić information content (AvgIpc) is 4.09. The Balaban J connectivity index is 1.24. The van der Waals surface area contributed by atoms with E-state index < -0.39 is 82.6 Å². The van der Waals surface area contributed by atoms with Gasteiger partial charge in [0.15, 0.2) is 16.9 Å². The molecule has 4 aliphatic carbocycles. The fourth-order valence-corrected chi connectivity index (χ4v) is 19.6. The van der Waals surface area contributed by atoms with Gasteiger partial charge in [0, 0.05) is 59.9 Å². The lowest BCUT2D eigenvalue weighted by molar-refractivity contribution is -0.424. The molecule has 0 amide bonds. The van der Waals surface area contributed by atoms with Crippen LogP contribution in [0.25, 0.3) is 11.0 Å². The largest absolute Gasteiger partial charge is 0.485 e. The molecule has 5 fully saturated rings. The molecule has 7 aliphatic rings. The van der Waals surface area contributed by atoms with Gasteiger partial charge in [0.25, 0.3) is 0 Å². The maximum atomic E-state index is 13.7. The fourth-order valence-electron chi connectivity index (χ4n) is 15.3. The highest BCUT2D eigenvalue weighted by atomic mass is 33.1. The van der Waals surface area contributed by atoms with E-state index in [0.717, 1.165) is 64.3 Å². The van der Waals surface area contributed by atoms with Gasteiger partial charge in [-0.1, -0.05) is 53.5 Å². The van der Waals surface area contributed by atoms with Crippen LogP contribution < -0.4 is 20.1 Å². The Kier molecular flexibility index (Phi) is 17.5. The van der Waals surface area contributed by atoms with Gasteiger partial charge >= 0.3 is 5.97 Å². The minimum Gasteiger partial charge on any atom is -0.485 e. The number of nitrogens with one attached hydrogen (secondary N) is 2. The Morgan fingerprint density at radius 3 is 2.64 bits per heavy atom. The summed E-state index contributed by atoms with van der Waals surface area (Å²) in [6.45, 7) is 5.16. The van der Waals surface area contributed by atoms with Crippen LogP contribution in [0, 0.1) is 40.9 Å². The van der Waals surface area contributed by atoms with Crippen LogP contribution >= 0.6 is 21.6 Å². The smallest absolute Gasteiger partial charge is 0.306 e. The summed E-state index contributed by atoms with van der Waals surface area (Å²) in [6.07, 6.45) is 8.67. The van der Waals surface area contributed by atoms with Gasteiger partial charge in [0.05, 0.1) is 31.2 Å². The number of aliphatic hydroxyl groups excluding tert-OH is 6. The summed E-state index contributed by atoms with van der Waals surface area (Å²) in [7, 11) is 5.32. The Labute approximate surface area is 438 Å². The number of hydrogen-bond acceptors (Lipinski definition) is 18. The SMILES string of the molecule is CCOC(=O)CCc1cc2ccoc2c2c1OC1OC3(CSSC4(CCC5(CCC(CNC)C5)C4CCC(O)CCCO)C(CCC(C)CCCC3O)NCCO2)C2(O)CC3C=CC(O)C(CO)C3C1(O)C2O. The van der Waals surface area contributed by atoms with Crippen molar-refractivity contribution in [3.8, 4) is 11.5 Å². The van der Waals surface area contributed by atoms with Crippen molar-refractivity contribution in [2.45, 2.75) is 181 Å². The van der Waals surface area contributed by atoms with Crippen molar-refractivity contribution >= 4 is 38.5 Å². The molecule has 3 aliphatic heterocycles. The third kappa shape index (κ3) is 10.2. The molecule has 410 valence electrons. The number of furan rings is 1. The number of ether oxygens (including phenoxy) is 4. The highest BCUT2D eigenvalue weighted by molar-refractivity contribution is 8.77. The van der Waals surface area contributed by atoms with E-state index in [2.05, 4.69) is 17.6 Å². The molecule has 0 radical (unpaired) electrons. The van der Waals surface area contributed by atoms with Crippen molar-refractivity contribution in [1.29, 1.82) is 0 Å². The van der Waals surface area contributed by atoms with Crippen LogP contribution in [0.1, 0.15) is 122 Å². The maximum Gasteiger partial charge on any atom is 0.306 e. The monoisotopic (exact) mass is 1060 g/mol. The normalized spacial score (nSPS) is 41.3. The number of hydrogen-bond donors (Lipinski definition) is 10. The van der Waals surface area contributed by atoms with Crippen molar-refractivity contribution < 1.29 is 69.0 Å². The number of fused-ring (bicyclic) bond motifs is 11. The zero-order valence-corrected chi connectivity index (χ0v) is 44.8. The van der Waals surface area contributed by atoms with Gasteiger partial charge in [-0.2, -0.15) is 0 Å². The molecule has 1 aromatic heterocycles. The summed E-state index contributed by atoms with van der Waals surface area (Å²) in [4.78, 5) is 13.0. The third-order valence-electron chi connectivity index (χ3n) is 18.9. The molecular weight excluding hydrogens is 977 g/mol. The van der Waals surface area contributed by atoms with Gasteiger partial charge < -0.3 is 74.9 Å². The van der Waals surface area contributed by atoms with E-state index >= 15 is 0 Å². The van der Waals surface area contributed by atoms with E-state index in [-0.39, 0.29) is 86.0 Å². The first-order valence-corrected chi connectivity index (χ1v) is 29.9. The number of aliphatic hydroxyl groups is 8. The van der Waals surface area contributed by atoms with Crippen LogP contribution in [0.5, 0.6) is 11.5 Å². The molecule has 17 atom stereocenters. The minimum absolute atomic E-state index is 0.00362. The number of esters is 1. The van der Waals surface area contributed by atoms with Crippen molar-refractivity contribution in [2.75, 3.05) is 52.3 Å². The zero-order valence-electron chi connectivity index (χ0n) is 43.1. The number of carbonyl (C=O) groups is 1. The standard InChI is InChI=1S/C55H84N2O14S2/c1-4-67-44(63)17-12-35-27-36-19-25-68-46(36)48-47(35)70-50-55(66)45-37(11-14-40(61)39(45)31-59)29-53(65,49(55)64)54(71-50)32-72-73-52(42(57-23-26-69-48)16-10-33(2)7-5-9-43(54)62)22-21-51(20-18-34(28-51)30-56-3)41(52)15-13-38(60)8-6-24-58/h11,14,19,25,27,33-34,37-43,45,49-50,56-62,64-66H,4-10,12-13,15-18,20-24,26,28-32H2,1-3H3. The molecule has 1 aromatic carbocycles. The van der Waals surface area contributed by atoms with E-state index in [0.29, 0.717) is 54.7 Å². The van der Waals surface area contributed by atoms with E-state index in [1.165, 1.54) is 17.1 Å². The van der Waals surface area contributed by atoms with Crippen molar-refractivity contribution in [3.05, 3.63) is 36.1 Å². The van der Waals surface area contributed by atoms with Crippen LogP contribution in [0.15, 0.2) is 35.0 Å². The van der Waals surface area contributed by atoms with Crippen LogP contribution in [-0.4, -0.2) is 157 Å². The third-order valence-corrected chi connectivity index (χ3v) is 22.3. The fraction of sp³-hybridized carbons (Fsp3) is 0.800. The van der Waals surface area contributed by atoms with E-state index in [9.17, 15) is 45.6 Å². The molecule has 17 unspecified atom stereocenters. The highest BCUT2D eigenvalue weighted by Gasteiger charge is 2.78. The molecule has 3 saturated carbocycles. The van der Waals surface area contributed by atoms with E-state index in [1.807, 2.05) is 13.1 Å². The van der Waals surface area contributed by atoms with Crippen LogP contribution in [0.4, 0.5) is 0 Å². The molecule has 2 saturated heterocycles. The topological polar surface area (TPSA) is 253 Å². The van der Waals surface area contributed by atoms with Crippen molar-refractivity contribution in [1.82, 2.24) is 10.6 Å². The molecular formula is C55H84N2O14S2. The lowest BCUT2D eigenvalue weighted by atomic mass is 9.50. The second-order valence-corrected chi connectivity index (χ2v) is 25.7. The summed E-state index contributed by atoms with van der Waals surface area (Å²) < 4.78 is 32.4. The highest BCUT2D eigenvalue weighted by Crippen LogP contribution is 2.69. The predicted octanol–water partition coefficient (Wildman–Crippen LogP) is 5.16. The van der Waals surface area contributed by atoms with Gasteiger partial charge in [0.1, 0.15) is 23.9 Å². The first-order chi connectivity index (χ1) is 35.1. The molecule has 18 heteroatoms. The maximum absolute atomic E-state index is 13.7. The number of carbonyl (C=O) groups excluding carboxylic acids is 1. The summed E-state index contributed by atoms with van der Waals surface area (Å²) in [6, 6.07) is 3.57. The molecule has 3 spiro atoms. The molecule has 5 bridgehead atoms. The quantitative estimate of drug-likeness (QED) is 0.0706. The average molecular weight is 1060 g/mol. The zero-order chi connectivity index (χ0) is 51.8. The molecule has 9 rings (SSSR count). The number of aryl methyl sites for hydroxylation is 1. The first kappa shape index (κ1) is 55.6. The molecule has 4 heterocycles. The summed E-state index contributed by atoms with van der Waals surface area (Å²) >= 11 is 0. The van der Waals surface area contributed by atoms with Crippen LogP contribution in [0.3, 0.4) is 0 Å². The lowest BCUT2D eigenvalue weighted by Crippen LogP contribution is -2.86. The number of rotatable bonds is 13. The van der Waals surface area contributed by atoms with Crippen molar-refractivity contribution in [3.63, 3.8) is 0 Å². The summed E-state index contributed by atoms with van der Waals surface area (Å²) in [5.74, 6) is -2.06. The first-order valence-electron chi connectivity index (χ1n) is 27.5. The van der Waals surface area contributed by atoms with Gasteiger partial charge in [-0.25, -0.2) is 0 Å². The molecule has 2 aromatic rings. The van der Waals surface area contributed by atoms with Gasteiger partial charge in [-0.15, -0.1) is 0 Å². The Hall–Kier alpha value is -2.17. The minimum atomic E-state index is -2.50. The van der Waals surface area contributed by atoms with Crippen molar-refractivity contribution in [2.24, 2.45) is 40.9 Å². The summed E-state index contributed by atoms with van der Waals surface area (Å²) in [5, 5.41) is 105. The second kappa shape index (κ2) is 23.0. The van der Waals surface area contributed by atoms with E-state index in [1.54, 1.807) is 35.9 Å². The Bertz CT molecular complexity index is 2220. The van der Waals surface area contributed by atoms with Gasteiger partial charge in [-0.3, -0.25) is 4.79 Å². The molecule has 16 nitrogen and oxygen atoms in total. The Morgan fingerprint density at radius 1 is 1.03 bits per heavy atom. The Morgan fingerprint density at radius 2 is 1.86 bits per heavy atom. The predicted molar refractivity (Wildman–Crippen MR) is 279 cm³/mol. The van der Waals surface area contributed by atoms with Gasteiger partial charge in [0.2, 0.25) is 12.0 Å². The molecule has 73 heavy (non-hydrogen) atoms. The lowest BCUT2D eigenvalue weighted by Gasteiger charge is -2.67. The summed E-state index contributed by atoms with van der Waals surface area (Å²) in [5.41, 5.74) is -5.93. The number of allylic oxidation sites excluding steroid dienone is 1. The number of benzene rings is 1. The van der Waals surface area contributed by atoms with Crippen LogP contribution in [0.2, 0.25) is 0 Å².